The van der Waals surface area contributed by atoms with Crippen molar-refractivity contribution in [1.29, 1.82) is 0 Å². The summed E-state index contributed by atoms with van der Waals surface area (Å²) in [5.74, 6) is 0. The molecule has 15 heavy (non-hydrogen) atoms. The molecular formula is C13H22N2. The Morgan fingerprint density at radius 3 is 2.20 bits per heavy atom. The second kappa shape index (κ2) is 4.77. The molecule has 2 N–H and O–H groups in total. The Morgan fingerprint density at radius 1 is 1.20 bits per heavy atom. The number of rotatable bonds is 4. The van der Waals surface area contributed by atoms with Crippen LogP contribution in [-0.4, -0.2) is 25.5 Å². The molecule has 1 unspecified atom stereocenters. The van der Waals surface area contributed by atoms with Crippen LogP contribution >= 0.6 is 0 Å². The highest BCUT2D eigenvalue weighted by Crippen LogP contribution is 2.31. The summed E-state index contributed by atoms with van der Waals surface area (Å²) < 4.78 is 0. The van der Waals surface area contributed by atoms with Gasteiger partial charge in [-0.25, -0.2) is 0 Å². The van der Waals surface area contributed by atoms with Gasteiger partial charge in [0.2, 0.25) is 0 Å². The van der Waals surface area contributed by atoms with E-state index in [0.29, 0.717) is 0 Å². The van der Waals surface area contributed by atoms with Gasteiger partial charge in [0.1, 0.15) is 0 Å². The molecule has 0 aliphatic rings. The summed E-state index contributed by atoms with van der Waals surface area (Å²) in [6, 6.07) is 10.4. The van der Waals surface area contributed by atoms with E-state index in [-0.39, 0.29) is 11.5 Å². The maximum Gasteiger partial charge on any atom is 0.0359 e. The van der Waals surface area contributed by atoms with Gasteiger partial charge in [-0.05, 0) is 25.1 Å². The smallest absolute Gasteiger partial charge is 0.0359 e. The molecule has 0 aliphatic carbocycles. The summed E-state index contributed by atoms with van der Waals surface area (Å²) >= 11 is 0. The largest absolute Gasteiger partial charge is 0.323 e. The van der Waals surface area contributed by atoms with Crippen molar-refractivity contribution in [3.63, 3.8) is 0 Å². The minimum Gasteiger partial charge on any atom is -0.323 e. The summed E-state index contributed by atoms with van der Waals surface area (Å²) in [6.07, 6.45) is 0. The van der Waals surface area contributed by atoms with E-state index in [2.05, 4.69) is 45.0 Å². The topological polar surface area (TPSA) is 29.3 Å². The van der Waals surface area contributed by atoms with Crippen LogP contribution in [0.1, 0.15) is 25.5 Å². The van der Waals surface area contributed by atoms with Crippen molar-refractivity contribution in [2.24, 2.45) is 11.1 Å². The molecule has 0 aromatic heterocycles. The molecule has 0 amide bonds. The van der Waals surface area contributed by atoms with Gasteiger partial charge < -0.3 is 10.6 Å². The Bertz CT molecular complexity index is 291. The molecule has 0 bridgehead atoms. The normalized spacial score (nSPS) is 14.3. The van der Waals surface area contributed by atoms with Crippen molar-refractivity contribution in [3.8, 4) is 0 Å². The number of hydrogen-bond donors (Lipinski definition) is 1. The van der Waals surface area contributed by atoms with E-state index in [1.54, 1.807) is 0 Å². The average Bonchev–Trinajstić information content (AvgIpc) is 2.16. The third-order valence-electron chi connectivity index (χ3n) is 2.72. The highest BCUT2D eigenvalue weighted by Gasteiger charge is 2.27. The van der Waals surface area contributed by atoms with Crippen LogP contribution < -0.4 is 5.73 Å². The highest BCUT2D eigenvalue weighted by atomic mass is 15.1. The SMILES string of the molecule is CN(C)CC(C)(C)C(N)c1ccccc1. The van der Waals surface area contributed by atoms with Gasteiger partial charge in [-0.15, -0.1) is 0 Å². The molecule has 2 heteroatoms. The number of benzene rings is 1. The zero-order chi connectivity index (χ0) is 11.5. The molecule has 0 spiro atoms. The quantitative estimate of drug-likeness (QED) is 0.819. The number of hydrogen-bond acceptors (Lipinski definition) is 2. The molecule has 0 radical (unpaired) electrons. The van der Waals surface area contributed by atoms with Crippen molar-refractivity contribution in [2.75, 3.05) is 20.6 Å². The molecule has 0 saturated heterocycles. The van der Waals surface area contributed by atoms with Crippen molar-refractivity contribution >= 4 is 0 Å². The van der Waals surface area contributed by atoms with E-state index < -0.39 is 0 Å². The summed E-state index contributed by atoms with van der Waals surface area (Å²) in [7, 11) is 4.17. The van der Waals surface area contributed by atoms with Crippen LogP contribution in [0.5, 0.6) is 0 Å². The first-order chi connectivity index (χ1) is 6.93. The summed E-state index contributed by atoms with van der Waals surface area (Å²) in [6.45, 7) is 5.42. The van der Waals surface area contributed by atoms with Gasteiger partial charge in [0, 0.05) is 12.6 Å². The molecular weight excluding hydrogens is 184 g/mol. The van der Waals surface area contributed by atoms with E-state index in [0.717, 1.165) is 6.54 Å². The van der Waals surface area contributed by atoms with Gasteiger partial charge in [-0.1, -0.05) is 44.2 Å². The monoisotopic (exact) mass is 206 g/mol. The van der Waals surface area contributed by atoms with Crippen LogP contribution in [0, 0.1) is 5.41 Å². The second-order valence-corrected chi connectivity index (χ2v) is 5.11. The Balaban J connectivity index is 2.79. The maximum atomic E-state index is 6.29. The molecule has 0 fully saturated rings. The first-order valence-electron chi connectivity index (χ1n) is 5.39. The van der Waals surface area contributed by atoms with Gasteiger partial charge in [0.15, 0.2) is 0 Å². The lowest BCUT2D eigenvalue weighted by molar-refractivity contribution is 0.200. The van der Waals surface area contributed by atoms with Crippen LogP contribution in [0.25, 0.3) is 0 Å². The third kappa shape index (κ3) is 3.33. The van der Waals surface area contributed by atoms with Crippen molar-refractivity contribution in [2.45, 2.75) is 19.9 Å². The van der Waals surface area contributed by atoms with E-state index in [1.165, 1.54) is 5.56 Å². The van der Waals surface area contributed by atoms with Gasteiger partial charge in [0.05, 0.1) is 0 Å². The summed E-state index contributed by atoms with van der Waals surface area (Å²) in [4.78, 5) is 2.18. The predicted molar refractivity (Wildman–Crippen MR) is 65.7 cm³/mol. The highest BCUT2D eigenvalue weighted by molar-refractivity contribution is 5.20. The second-order valence-electron chi connectivity index (χ2n) is 5.11. The molecule has 2 nitrogen and oxygen atoms in total. The number of nitrogens with zero attached hydrogens (tertiary/aromatic N) is 1. The van der Waals surface area contributed by atoms with Crippen LogP contribution in [0.2, 0.25) is 0 Å². The molecule has 1 aromatic carbocycles. The zero-order valence-electron chi connectivity index (χ0n) is 10.2. The summed E-state index contributed by atoms with van der Waals surface area (Å²) in [5.41, 5.74) is 7.59. The minimum atomic E-state index is 0.0844. The average molecular weight is 206 g/mol. The Hall–Kier alpha value is -0.860. The first-order valence-corrected chi connectivity index (χ1v) is 5.39. The van der Waals surface area contributed by atoms with Gasteiger partial charge in [0.25, 0.3) is 0 Å². The molecule has 0 saturated carbocycles. The number of nitrogens with two attached hydrogens (primary N) is 1. The Morgan fingerprint density at radius 2 is 1.73 bits per heavy atom. The van der Waals surface area contributed by atoms with Crippen molar-refractivity contribution in [1.82, 2.24) is 4.90 Å². The van der Waals surface area contributed by atoms with Crippen LogP contribution in [0.4, 0.5) is 0 Å². The molecule has 1 rings (SSSR count). The van der Waals surface area contributed by atoms with Crippen LogP contribution in [0.15, 0.2) is 30.3 Å². The van der Waals surface area contributed by atoms with Gasteiger partial charge >= 0.3 is 0 Å². The maximum absolute atomic E-state index is 6.29. The van der Waals surface area contributed by atoms with Crippen molar-refractivity contribution in [3.05, 3.63) is 35.9 Å². The van der Waals surface area contributed by atoms with Gasteiger partial charge in [-0.2, -0.15) is 0 Å². The van der Waals surface area contributed by atoms with Crippen LogP contribution in [0.3, 0.4) is 0 Å². The minimum absolute atomic E-state index is 0.0844. The lowest BCUT2D eigenvalue weighted by Crippen LogP contribution is -2.38. The standard InChI is InChI=1S/C13H22N2/c1-13(2,10-15(3)4)12(14)11-8-6-5-7-9-11/h5-9,12H,10,14H2,1-4H3. The summed E-state index contributed by atoms with van der Waals surface area (Å²) in [5, 5.41) is 0. The fourth-order valence-corrected chi connectivity index (χ4v) is 2.02. The fourth-order valence-electron chi connectivity index (χ4n) is 2.02. The van der Waals surface area contributed by atoms with E-state index in [1.807, 2.05) is 18.2 Å². The Kier molecular flexibility index (Phi) is 3.89. The van der Waals surface area contributed by atoms with Gasteiger partial charge in [-0.3, -0.25) is 0 Å². The first kappa shape index (κ1) is 12.2. The van der Waals surface area contributed by atoms with E-state index in [4.69, 9.17) is 5.73 Å². The lowest BCUT2D eigenvalue weighted by atomic mass is 9.80. The van der Waals surface area contributed by atoms with Crippen LogP contribution in [-0.2, 0) is 0 Å². The van der Waals surface area contributed by atoms with E-state index in [9.17, 15) is 0 Å². The van der Waals surface area contributed by atoms with E-state index >= 15 is 0 Å². The molecule has 84 valence electrons. The Labute approximate surface area is 93.1 Å². The third-order valence-corrected chi connectivity index (χ3v) is 2.72. The predicted octanol–water partition coefficient (Wildman–Crippen LogP) is 2.27. The molecule has 1 atom stereocenters. The molecule has 0 aliphatic heterocycles. The lowest BCUT2D eigenvalue weighted by Gasteiger charge is -2.34. The fraction of sp³-hybridized carbons (Fsp3) is 0.538. The van der Waals surface area contributed by atoms with Crippen molar-refractivity contribution < 1.29 is 0 Å². The molecule has 0 heterocycles. The molecule has 1 aromatic rings. The zero-order valence-corrected chi connectivity index (χ0v) is 10.2.